The molecule has 0 fully saturated rings. The fourth-order valence-electron chi connectivity index (χ4n) is 1.74. The number of hydrogen-bond donors (Lipinski definition) is 0. The Kier molecular flexibility index (Phi) is 2.78. The molecular formula is C12H9ClF3N. The molecule has 2 rings (SSSR count). The van der Waals surface area contributed by atoms with Gasteiger partial charge in [-0.1, -0.05) is 17.7 Å². The Hall–Kier alpha value is -1.29. The lowest BCUT2D eigenvalue weighted by Gasteiger charge is -2.13. The molecular weight excluding hydrogens is 251 g/mol. The van der Waals surface area contributed by atoms with E-state index in [1.54, 1.807) is 13.8 Å². The fourth-order valence-corrected chi connectivity index (χ4v) is 1.98. The van der Waals surface area contributed by atoms with Crippen molar-refractivity contribution in [2.75, 3.05) is 0 Å². The molecule has 17 heavy (non-hydrogen) atoms. The third-order valence-electron chi connectivity index (χ3n) is 2.64. The molecule has 0 N–H and O–H groups in total. The van der Waals surface area contributed by atoms with E-state index < -0.39 is 11.7 Å². The Morgan fingerprint density at radius 1 is 1.12 bits per heavy atom. The van der Waals surface area contributed by atoms with Crippen LogP contribution in [-0.4, -0.2) is 4.98 Å². The molecule has 0 saturated heterocycles. The van der Waals surface area contributed by atoms with Crippen molar-refractivity contribution in [1.82, 2.24) is 4.98 Å². The lowest BCUT2D eigenvalue weighted by molar-refractivity contribution is -0.136. The number of benzene rings is 1. The van der Waals surface area contributed by atoms with Gasteiger partial charge in [-0.3, -0.25) is 4.98 Å². The molecule has 1 nitrogen and oxygen atoms in total. The van der Waals surface area contributed by atoms with Crippen LogP contribution in [0.2, 0.25) is 5.02 Å². The molecule has 0 aliphatic heterocycles. The van der Waals surface area contributed by atoms with Crippen molar-refractivity contribution in [2.24, 2.45) is 0 Å². The van der Waals surface area contributed by atoms with E-state index in [0.29, 0.717) is 16.6 Å². The molecule has 1 heterocycles. The maximum absolute atomic E-state index is 12.9. The summed E-state index contributed by atoms with van der Waals surface area (Å²) in [5.74, 6) is 0. The molecule has 90 valence electrons. The SMILES string of the molecule is Cc1cnc2c(C)ccc(C(F)(F)F)c2c1Cl. The van der Waals surface area contributed by atoms with Crippen molar-refractivity contribution in [3.05, 3.63) is 40.0 Å². The van der Waals surface area contributed by atoms with Gasteiger partial charge >= 0.3 is 6.18 Å². The third kappa shape index (κ3) is 1.97. The summed E-state index contributed by atoms with van der Waals surface area (Å²) in [5, 5.41) is 0.102. The minimum atomic E-state index is -4.43. The first-order valence-electron chi connectivity index (χ1n) is 4.94. The van der Waals surface area contributed by atoms with Crippen LogP contribution in [0.5, 0.6) is 0 Å². The fraction of sp³-hybridized carbons (Fsp3) is 0.250. The minimum absolute atomic E-state index is 0.0147. The number of alkyl halides is 3. The predicted molar refractivity (Wildman–Crippen MR) is 61.2 cm³/mol. The standard InChI is InChI=1S/C12H9ClF3N/c1-6-3-4-8(12(14,15)16)9-10(13)7(2)5-17-11(6)9/h3-5H,1-2H3. The quantitative estimate of drug-likeness (QED) is 0.678. The highest BCUT2D eigenvalue weighted by atomic mass is 35.5. The number of hydrogen-bond acceptors (Lipinski definition) is 1. The van der Waals surface area contributed by atoms with Gasteiger partial charge in [0.05, 0.1) is 16.1 Å². The van der Waals surface area contributed by atoms with Crippen molar-refractivity contribution in [3.8, 4) is 0 Å². The smallest absolute Gasteiger partial charge is 0.256 e. The highest BCUT2D eigenvalue weighted by molar-refractivity contribution is 6.36. The van der Waals surface area contributed by atoms with Gasteiger partial charge in [-0.25, -0.2) is 0 Å². The number of rotatable bonds is 0. The van der Waals surface area contributed by atoms with Gasteiger partial charge in [0.2, 0.25) is 0 Å². The van der Waals surface area contributed by atoms with E-state index in [-0.39, 0.29) is 10.4 Å². The highest BCUT2D eigenvalue weighted by Crippen LogP contribution is 2.39. The van der Waals surface area contributed by atoms with Crippen LogP contribution in [0.25, 0.3) is 10.9 Å². The molecule has 0 radical (unpaired) electrons. The number of pyridine rings is 1. The van der Waals surface area contributed by atoms with Gasteiger partial charge < -0.3 is 0 Å². The molecule has 0 saturated carbocycles. The largest absolute Gasteiger partial charge is 0.417 e. The van der Waals surface area contributed by atoms with E-state index in [0.717, 1.165) is 6.07 Å². The zero-order valence-electron chi connectivity index (χ0n) is 9.19. The van der Waals surface area contributed by atoms with Crippen molar-refractivity contribution < 1.29 is 13.2 Å². The van der Waals surface area contributed by atoms with Crippen LogP contribution in [0.1, 0.15) is 16.7 Å². The number of aryl methyl sites for hydroxylation is 2. The van der Waals surface area contributed by atoms with Crippen LogP contribution in [0.3, 0.4) is 0 Å². The van der Waals surface area contributed by atoms with Crippen molar-refractivity contribution >= 4 is 22.5 Å². The van der Waals surface area contributed by atoms with Gasteiger partial charge in [-0.2, -0.15) is 13.2 Å². The van der Waals surface area contributed by atoms with Crippen LogP contribution in [-0.2, 0) is 6.18 Å². The summed E-state index contributed by atoms with van der Waals surface area (Å²) in [5.41, 5.74) is 0.778. The second-order valence-electron chi connectivity index (χ2n) is 3.91. The van der Waals surface area contributed by atoms with E-state index in [2.05, 4.69) is 4.98 Å². The summed E-state index contributed by atoms with van der Waals surface area (Å²) in [4.78, 5) is 4.03. The summed E-state index contributed by atoms with van der Waals surface area (Å²) in [6.07, 6.45) is -2.94. The average molecular weight is 260 g/mol. The van der Waals surface area contributed by atoms with E-state index >= 15 is 0 Å². The van der Waals surface area contributed by atoms with Crippen LogP contribution >= 0.6 is 11.6 Å². The summed E-state index contributed by atoms with van der Waals surface area (Å²) in [6, 6.07) is 2.45. The monoisotopic (exact) mass is 259 g/mol. The van der Waals surface area contributed by atoms with E-state index in [1.807, 2.05) is 0 Å². The van der Waals surface area contributed by atoms with Gasteiger partial charge in [-0.05, 0) is 31.0 Å². The second-order valence-corrected chi connectivity index (χ2v) is 4.28. The maximum Gasteiger partial charge on any atom is 0.417 e. The number of fused-ring (bicyclic) bond motifs is 1. The van der Waals surface area contributed by atoms with Crippen molar-refractivity contribution in [2.45, 2.75) is 20.0 Å². The molecule has 2 aromatic rings. The Morgan fingerprint density at radius 2 is 1.76 bits per heavy atom. The normalized spacial score (nSPS) is 12.1. The average Bonchev–Trinajstić information content (AvgIpc) is 2.22. The number of halogens is 4. The Balaban J connectivity index is 2.97. The first-order valence-corrected chi connectivity index (χ1v) is 5.32. The molecule has 0 aliphatic carbocycles. The van der Waals surface area contributed by atoms with E-state index in [1.165, 1.54) is 12.3 Å². The molecule has 5 heteroatoms. The molecule has 1 aromatic heterocycles. The molecule has 1 aromatic carbocycles. The van der Waals surface area contributed by atoms with Gasteiger partial charge in [0.1, 0.15) is 0 Å². The summed E-state index contributed by atoms with van der Waals surface area (Å²) in [7, 11) is 0. The highest BCUT2D eigenvalue weighted by Gasteiger charge is 2.34. The summed E-state index contributed by atoms with van der Waals surface area (Å²) in [6.45, 7) is 3.35. The van der Waals surface area contributed by atoms with Gasteiger partial charge in [0, 0.05) is 11.6 Å². The first kappa shape index (κ1) is 12.2. The second kappa shape index (κ2) is 3.88. The first-order chi connectivity index (χ1) is 7.82. The van der Waals surface area contributed by atoms with Crippen LogP contribution in [0, 0.1) is 13.8 Å². The third-order valence-corrected chi connectivity index (χ3v) is 3.13. The zero-order valence-corrected chi connectivity index (χ0v) is 9.95. The molecule has 0 aliphatic rings. The Morgan fingerprint density at radius 3 is 2.35 bits per heavy atom. The summed E-state index contributed by atoms with van der Waals surface area (Å²) >= 11 is 5.97. The number of nitrogens with zero attached hydrogens (tertiary/aromatic N) is 1. The topological polar surface area (TPSA) is 12.9 Å². The molecule has 0 unspecified atom stereocenters. The van der Waals surface area contributed by atoms with E-state index in [9.17, 15) is 13.2 Å². The zero-order chi connectivity index (χ0) is 12.8. The lowest BCUT2D eigenvalue weighted by atomic mass is 10.0. The van der Waals surface area contributed by atoms with E-state index in [4.69, 9.17) is 11.6 Å². The lowest BCUT2D eigenvalue weighted by Crippen LogP contribution is -2.07. The van der Waals surface area contributed by atoms with Crippen molar-refractivity contribution in [3.63, 3.8) is 0 Å². The van der Waals surface area contributed by atoms with Crippen LogP contribution in [0.15, 0.2) is 18.3 Å². The van der Waals surface area contributed by atoms with Crippen LogP contribution in [0.4, 0.5) is 13.2 Å². The Labute approximate surface area is 101 Å². The minimum Gasteiger partial charge on any atom is -0.256 e. The maximum atomic E-state index is 12.9. The van der Waals surface area contributed by atoms with Gasteiger partial charge in [0.25, 0.3) is 0 Å². The molecule has 0 atom stereocenters. The van der Waals surface area contributed by atoms with Gasteiger partial charge in [-0.15, -0.1) is 0 Å². The number of aromatic nitrogens is 1. The molecule has 0 amide bonds. The Bertz CT molecular complexity index is 590. The molecule has 0 bridgehead atoms. The van der Waals surface area contributed by atoms with Crippen LogP contribution < -0.4 is 0 Å². The predicted octanol–water partition coefficient (Wildman–Crippen LogP) is 4.52. The van der Waals surface area contributed by atoms with Gasteiger partial charge in [0.15, 0.2) is 0 Å². The summed E-state index contributed by atoms with van der Waals surface area (Å²) < 4.78 is 38.6. The van der Waals surface area contributed by atoms with Crippen molar-refractivity contribution in [1.29, 1.82) is 0 Å². The molecule has 0 spiro atoms.